The van der Waals surface area contributed by atoms with E-state index >= 15 is 0 Å². The Labute approximate surface area is 226 Å². The number of hydrogen-bond acceptors (Lipinski definition) is 4. The number of hydrogen-bond donors (Lipinski definition) is 3. The molecule has 0 aliphatic heterocycles. The summed E-state index contributed by atoms with van der Waals surface area (Å²) >= 11 is 6.45. The average molecular weight is 520 g/mol. The molecule has 3 aromatic rings. The molecular formula is C31H42ClN5. The predicted octanol–water partition coefficient (Wildman–Crippen LogP) is 8.12. The van der Waals surface area contributed by atoms with E-state index in [1.165, 1.54) is 89.9 Å². The van der Waals surface area contributed by atoms with Crippen LogP contribution in [0.25, 0.3) is 22.2 Å². The molecule has 3 aromatic heterocycles. The van der Waals surface area contributed by atoms with E-state index in [2.05, 4.69) is 37.7 Å². The number of pyridine rings is 2. The largest absolute Gasteiger partial charge is 0.367 e. The number of fused-ring (bicyclic) bond motifs is 1. The zero-order chi connectivity index (χ0) is 25.0. The second-order valence-electron chi connectivity index (χ2n) is 12.0. The molecule has 3 aliphatic rings. The molecule has 0 spiro atoms. The Morgan fingerprint density at radius 1 is 0.838 bits per heavy atom. The standard InChI is InChI=1S/C31H42ClN5/c32-29-18-23(28-20-34-31-27(28)7-4-16-33-31)19-30(37-29)36-26-14-10-22(11-15-26)17-21-8-12-25(13-9-21)35-24-5-2-1-3-6-24/h4,7,16,18-22,24-26,35H,1-3,5-6,8-15,17H2,(H,33,34)(H,36,37). The Hall–Kier alpha value is -2.11. The lowest BCUT2D eigenvalue weighted by Gasteiger charge is -2.36. The smallest absolute Gasteiger partial charge is 0.137 e. The van der Waals surface area contributed by atoms with Gasteiger partial charge < -0.3 is 15.6 Å². The van der Waals surface area contributed by atoms with Crippen LogP contribution in [0, 0.1) is 11.8 Å². The van der Waals surface area contributed by atoms with Gasteiger partial charge in [0.1, 0.15) is 16.6 Å². The van der Waals surface area contributed by atoms with Gasteiger partial charge in [-0.05, 0) is 112 Å². The molecule has 6 heteroatoms. The highest BCUT2D eigenvalue weighted by molar-refractivity contribution is 6.29. The second-order valence-corrected chi connectivity index (χ2v) is 12.4. The molecule has 0 saturated heterocycles. The van der Waals surface area contributed by atoms with E-state index in [4.69, 9.17) is 11.6 Å². The summed E-state index contributed by atoms with van der Waals surface area (Å²) in [5.41, 5.74) is 3.08. The van der Waals surface area contributed by atoms with Crippen LogP contribution in [-0.2, 0) is 0 Å². The summed E-state index contributed by atoms with van der Waals surface area (Å²) in [5, 5.41) is 9.35. The minimum Gasteiger partial charge on any atom is -0.367 e. The van der Waals surface area contributed by atoms with Crippen molar-refractivity contribution in [3.8, 4) is 11.1 Å². The van der Waals surface area contributed by atoms with Crippen LogP contribution in [0.15, 0.2) is 36.7 Å². The summed E-state index contributed by atoms with van der Waals surface area (Å²) in [6.45, 7) is 0. The molecule has 0 unspecified atom stereocenters. The molecule has 198 valence electrons. The van der Waals surface area contributed by atoms with E-state index in [-0.39, 0.29) is 0 Å². The molecule has 3 heterocycles. The minimum absolute atomic E-state index is 0.482. The van der Waals surface area contributed by atoms with Crippen molar-refractivity contribution in [2.24, 2.45) is 11.8 Å². The number of H-pyrrole nitrogens is 1. The summed E-state index contributed by atoms with van der Waals surface area (Å²) in [6.07, 6.45) is 23.2. The third kappa shape index (κ3) is 6.31. The van der Waals surface area contributed by atoms with Crippen LogP contribution in [0.2, 0.25) is 5.15 Å². The van der Waals surface area contributed by atoms with Gasteiger partial charge in [0.2, 0.25) is 0 Å². The quantitative estimate of drug-likeness (QED) is 0.276. The number of halogens is 1. The van der Waals surface area contributed by atoms with Gasteiger partial charge in [0.05, 0.1) is 0 Å². The first-order valence-electron chi connectivity index (χ1n) is 14.8. The Bertz CT molecular complexity index is 1150. The Kier molecular flexibility index (Phi) is 7.99. The van der Waals surface area contributed by atoms with E-state index in [0.29, 0.717) is 11.2 Å². The first-order chi connectivity index (χ1) is 18.2. The molecule has 0 amide bonds. The number of nitrogens with one attached hydrogen (secondary N) is 3. The van der Waals surface area contributed by atoms with Crippen molar-refractivity contribution in [1.29, 1.82) is 0 Å². The third-order valence-corrected chi connectivity index (χ3v) is 9.54. The fourth-order valence-corrected chi connectivity index (χ4v) is 7.52. The predicted molar refractivity (Wildman–Crippen MR) is 154 cm³/mol. The number of aromatic amines is 1. The highest BCUT2D eigenvalue weighted by Gasteiger charge is 2.28. The van der Waals surface area contributed by atoms with E-state index in [1.807, 2.05) is 24.5 Å². The zero-order valence-corrected chi connectivity index (χ0v) is 22.8. The van der Waals surface area contributed by atoms with Crippen LogP contribution in [0.1, 0.15) is 89.9 Å². The van der Waals surface area contributed by atoms with E-state index in [9.17, 15) is 0 Å². The van der Waals surface area contributed by atoms with Crippen LogP contribution >= 0.6 is 11.6 Å². The highest BCUT2D eigenvalue weighted by atomic mass is 35.5. The van der Waals surface area contributed by atoms with Gasteiger partial charge in [0, 0.05) is 41.5 Å². The van der Waals surface area contributed by atoms with Crippen molar-refractivity contribution in [1.82, 2.24) is 20.3 Å². The average Bonchev–Trinajstić information content (AvgIpc) is 3.36. The van der Waals surface area contributed by atoms with Gasteiger partial charge in [-0.1, -0.05) is 30.9 Å². The number of rotatable bonds is 7. The fraction of sp³-hybridized carbons (Fsp3) is 0.613. The van der Waals surface area contributed by atoms with Crippen LogP contribution in [0.3, 0.4) is 0 Å². The van der Waals surface area contributed by atoms with Gasteiger partial charge in [-0.3, -0.25) is 0 Å². The zero-order valence-electron chi connectivity index (χ0n) is 22.0. The van der Waals surface area contributed by atoms with Gasteiger partial charge in [-0.2, -0.15) is 0 Å². The van der Waals surface area contributed by atoms with Gasteiger partial charge in [0.25, 0.3) is 0 Å². The summed E-state index contributed by atoms with van der Waals surface area (Å²) in [7, 11) is 0. The molecule has 5 nitrogen and oxygen atoms in total. The van der Waals surface area contributed by atoms with Gasteiger partial charge in [-0.15, -0.1) is 0 Å². The van der Waals surface area contributed by atoms with Gasteiger partial charge >= 0.3 is 0 Å². The van der Waals surface area contributed by atoms with Gasteiger partial charge in [-0.25, -0.2) is 9.97 Å². The fourth-order valence-electron chi connectivity index (χ4n) is 7.31. The minimum atomic E-state index is 0.482. The maximum atomic E-state index is 6.45. The van der Waals surface area contributed by atoms with Crippen LogP contribution < -0.4 is 10.6 Å². The molecule has 0 atom stereocenters. The first kappa shape index (κ1) is 25.2. The van der Waals surface area contributed by atoms with Crippen molar-refractivity contribution < 1.29 is 0 Å². The van der Waals surface area contributed by atoms with Crippen molar-refractivity contribution in [3.63, 3.8) is 0 Å². The second kappa shape index (κ2) is 11.7. The lowest BCUT2D eigenvalue weighted by Crippen LogP contribution is -2.41. The summed E-state index contributed by atoms with van der Waals surface area (Å²) < 4.78 is 0. The Balaban J connectivity index is 0.977. The first-order valence-corrected chi connectivity index (χ1v) is 15.2. The summed E-state index contributed by atoms with van der Waals surface area (Å²) in [5.74, 6) is 2.72. The van der Waals surface area contributed by atoms with Crippen LogP contribution in [0.5, 0.6) is 0 Å². The van der Waals surface area contributed by atoms with Crippen LogP contribution in [-0.4, -0.2) is 33.1 Å². The monoisotopic (exact) mass is 519 g/mol. The maximum Gasteiger partial charge on any atom is 0.137 e. The summed E-state index contributed by atoms with van der Waals surface area (Å²) in [6, 6.07) is 10.2. The normalized spacial score (nSPS) is 27.4. The summed E-state index contributed by atoms with van der Waals surface area (Å²) in [4.78, 5) is 12.3. The molecule has 0 bridgehead atoms. The number of nitrogens with zero attached hydrogens (tertiary/aromatic N) is 2. The van der Waals surface area contributed by atoms with Crippen molar-refractivity contribution in [2.75, 3.05) is 5.32 Å². The Morgan fingerprint density at radius 2 is 1.54 bits per heavy atom. The molecule has 3 saturated carbocycles. The van der Waals surface area contributed by atoms with Gasteiger partial charge in [0.15, 0.2) is 0 Å². The van der Waals surface area contributed by atoms with Crippen LogP contribution in [0.4, 0.5) is 5.82 Å². The SMILES string of the molecule is Clc1cc(-c2c[nH]c3ncccc23)cc(NC2CCC(CC3CCC(NC4CCCCC4)CC3)CC2)n1. The lowest BCUT2D eigenvalue weighted by atomic mass is 9.75. The topological polar surface area (TPSA) is 65.6 Å². The molecule has 0 aromatic carbocycles. The van der Waals surface area contributed by atoms with Crippen molar-refractivity contribution in [3.05, 3.63) is 41.8 Å². The molecule has 37 heavy (non-hydrogen) atoms. The van der Waals surface area contributed by atoms with Crippen molar-refractivity contribution >= 4 is 28.5 Å². The lowest BCUT2D eigenvalue weighted by molar-refractivity contribution is 0.205. The number of anilines is 1. The van der Waals surface area contributed by atoms with E-state index < -0.39 is 0 Å². The third-order valence-electron chi connectivity index (χ3n) is 9.34. The maximum absolute atomic E-state index is 6.45. The molecule has 3 fully saturated rings. The van der Waals surface area contributed by atoms with E-state index in [0.717, 1.165) is 51.9 Å². The highest BCUT2D eigenvalue weighted by Crippen LogP contribution is 2.37. The van der Waals surface area contributed by atoms with E-state index in [1.54, 1.807) is 0 Å². The molecule has 6 rings (SSSR count). The van der Waals surface area contributed by atoms with Crippen molar-refractivity contribution in [2.45, 2.75) is 108 Å². The Morgan fingerprint density at radius 3 is 2.30 bits per heavy atom. The molecular weight excluding hydrogens is 478 g/mol. The molecule has 3 N–H and O–H groups in total. The molecule has 0 radical (unpaired) electrons. The number of aromatic nitrogens is 3. The molecule has 3 aliphatic carbocycles.